The Balaban J connectivity index is 1.19. The average Bonchev–Trinajstić information content (AvgIpc) is 3.27. The lowest BCUT2D eigenvalue weighted by Crippen LogP contribution is -2.35. The van der Waals surface area contributed by atoms with Crippen molar-refractivity contribution in [3.63, 3.8) is 0 Å². The quantitative estimate of drug-likeness (QED) is 0.615. The van der Waals surface area contributed by atoms with Crippen molar-refractivity contribution in [2.45, 2.75) is 25.7 Å². The van der Waals surface area contributed by atoms with Crippen molar-refractivity contribution in [2.75, 3.05) is 29.4 Å². The average molecular weight is 467 g/mol. The zero-order chi connectivity index (χ0) is 24.4. The molecule has 2 aliphatic rings. The molecule has 2 aliphatic heterocycles. The van der Waals surface area contributed by atoms with E-state index in [1.807, 2.05) is 47.4 Å². The minimum Gasteiger partial charge on any atom is -0.352 e. The highest BCUT2D eigenvalue weighted by atomic mass is 16.2. The number of nitrogens with one attached hydrogen (secondary N) is 1. The second-order valence-electron chi connectivity index (χ2n) is 9.19. The van der Waals surface area contributed by atoms with Crippen LogP contribution in [0.2, 0.25) is 0 Å². The zero-order valence-corrected chi connectivity index (χ0v) is 19.4. The molecule has 7 nitrogen and oxygen atoms in total. The predicted molar refractivity (Wildman–Crippen MR) is 134 cm³/mol. The van der Waals surface area contributed by atoms with Gasteiger partial charge in [0.2, 0.25) is 11.8 Å². The normalized spacial score (nSPS) is 18.1. The van der Waals surface area contributed by atoms with Crippen LogP contribution in [0, 0.1) is 17.2 Å². The number of anilines is 2. The summed E-state index contributed by atoms with van der Waals surface area (Å²) in [5.41, 5.74) is 2.81. The van der Waals surface area contributed by atoms with Crippen LogP contribution < -0.4 is 15.1 Å². The van der Waals surface area contributed by atoms with Crippen molar-refractivity contribution < 1.29 is 14.4 Å². The SMILES string of the molecule is N#Cc1ccc2cc(C(=O)NCC3CC(=O)N(c4ccc(N5CCCCC5=O)cc4)C3)ccc2c1. The molecule has 0 bridgehead atoms. The Morgan fingerprint density at radius 2 is 1.63 bits per heavy atom. The number of hydrogen-bond acceptors (Lipinski definition) is 4. The summed E-state index contributed by atoms with van der Waals surface area (Å²) >= 11 is 0. The Morgan fingerprint density at radius 1 is 0.914 bits per heavy atom. The van der Waals surface area contributed by atoms with Crippen LogP contribution >= 0.6 is 0 Å². The largest absolute Gasteiger partial charge is 0.352 e. The Bertz CT molecular complexity index is 1340. The zero-order valence-electron chi connectivity index (χ0n) is 19.4. The molecular weight excluding hydrogens is 440 g/mol. The van der Waals surface area contributed by atoms with Gasteiger partial charge in [0.25, 0.3) is 5.91 Å². The molecule has 2 fully saturated rings. The van der Waals surface area contributed by atoms with E-state index in [1.54, 1.807) is 23.1 Å². The summed E-state index contributed by atoms with van der Waals surface area (Å²) in [5.74, 6) is 0.0200. The van der Waals surface area contributed by atoms with Gasteiger partial charge in [-0.1, -0.05) is 12.1 Å². The first-order valence-electron chi connectivity index (χ1n) is 11.9. The minimum atomic E-state index is -0.183. The van der Waals surface area contributed by atoms with Gasteiger partial charge in [-0.25, -0.2) is 0 Å². The lowest BCUT2D eigenvalue weighted by molar-refractivity contribution is -0.119. The van der Waals surface area contributed by atoms with E-state index >= 15 is 0 Å². The molecule has 7 heteroatoms. The summed E-state index contributed by atoms with van der Waals surface area (Å²) in [4.78, 5) is 41.1. The number of nitriles is 1. The lowest BCUT2D eigenvalue weighted by Gasteiger charge is -2.27. The van der Waals surface area contributed by atoms with E-state index < -0.39 is 0 Å². The molecule has 0 spiro atoms. The van der Waals surface area contributed by atoms with Crippen molar-refractivity contribution in [3.05, 3.63) is 71.8 Å². The Labute approximate surface area is 203 Å². The Morgan fingerprint density at radius 3 is 2.37 bits per heavy atom. The number of amides is 3. The summed E-state index contributed by atoms with van der Waals surface area (Å²) in [5, 5.41) is 13.8. The maximum absolute atomic E-state index is 12.7. The maximum Gasteiger partial charge on any atom is 0.251 e. The van der Waals surface area contributed by atoms with E-state index in [0.717, 1.165) is 41.5 Å². The van der Waals surface area contributed by atoms with E-state index in [0.29, 0.717) is 37.1 Å². The molecule has 2 saturated heterocycles. The topological polar surface area (TPSA) is 93.5 Å². The molecule has 0 radical (unpaired) electrons. The molecule has 35 heavy (non-hydrogen) atoms. The van der Waals surface area contributed by atoms with Crippen molar-refractivity contribution >= 4 is 39.9 Å². The van der Waals surface area contributed by atoms with E-state index in [-0.39, 0.29) is 23.6 Å². The van der Waals surface area contributed by atoms with Crippen LogP contribution in [0.5, 0.6) is 0 Å². The van der Waals surface area contributed by atoms with Crippen molar-refractivity contribution in [1.29, 1.82) is 5.26 Å². The van der Waals surface area contributed by atoms with E-state index in [4.69, 9.17) is 5.26 Å². The summed E-state index contributed by atoms with van der Waals surface area (Å²) in [6.07, 6.45) is 2.91. The third-order valence-corrected chi connectivity index (χ3v) is 6.78. The number of nitrogens with zero attached hydrogens (tertiary/aromatic N) is 3. The van der Waals surface area contributed by atoms with Gasteiger partial charge in [-0.05, 0) is 72.1 Å². The highest BCUT2D eigenvalue weighted by molar-refractivity contribution is 5.99. The van der Waals surface area contributed by atoms with Crippen LogP contribution in [0.1, 0.15) is 41.6 Å². The molecule has 5 rings (SSSR count). The molecule has 176 valence electrons. The third kappa shape index (κ3) is 4.73. The Hall–Kier alpha value is -4.18. The van der Waals surface area contributed by atoms with Gasteiger partial charge < -0.3 is 15.1 Å². The molecule has 3 aromatic rings. The van der Waals surface area contributed by atoms with E-state index in [9.17, 15) is 14.4 Å². The van der Waals surface area contributed by atoms with Crippen molar-refractivity contribution in [2.24, 2.45) is 5.92 Å². The number of rotatable bonds is 5. The monoisotopic (exact) mass is 466 g/mol. The van der Waals surface area contributed by atoms with Gasteiger partial charge >= 0.3 is 0 Å². The summed E-state index contributed by atoms with van der Waals surface area (Å²) in [7, 11) is 0. The molecule has 0 aliphatic carbocycles. The molecule has 1 N–H and O–H groups in total. The van der Waals surface area contributed by atoms with Crippen LogP contribution in [0.3, 0.4) is 0 Å². The van der Waals surface area contributed by atoms with Crippen LogP contribution in [-0.4, -0.2) is 37.4 Å². The molecule has 2 heterocycles. The molecular formula is C28H26N4O3. The molecule has 3 aromatic carbocycles. The van der Waals surface area contributed by atoms with Gasteiger partial charge in [0.15, 0.2) is 0 Å². The summed E-state index contributed by atoms with van der Waals surface area (Å²) in [6, 6.07) is 20.5. The van der Waals surface area contributed by atoms with Crippen LogP contribution in [0.25, 0.3) is 10.8 Å². The van der Waals surface area contributed by atoms with Crippen LogP contribution in [0.15, 0.2) is 60.7 Å². The van der Waals surface area contributed by atoms with Gasteiger partial charge in [-0.3, -0.25) is 14.4 Å². The van der Waals surface area contributed by atoms with Crippen LogP contribution in [0.4, 0.5) is 11.4 Å². The van der Waals surface area contributed by atoms with Crippen LogP contribution in [-0.2, 0) is 9.59 Å². The minimum absolute atomic E-state index is 0.0217. The fourth-order valence-corrected chi connectivity index (χ4v) is 4.85. The standard InChI is InChI=1S/C28H26N4O3/c29-16-19-4-5-22-15-23(7-6-21(22)13-19)28(35)30-17-20-14-27(34)32(18-20)25-10-8-24(9-11-25)31-12-2-1-3-26(31)33/h4-11,13,15,20H,1-3,12,14,17-18H2,(H,30,35). The van der Waals surface area contributed by atoms with Gasteiger partial charge in [-0.15, -0.1) is 0 Å². The van der Waals surface area contributed by atoms with Gasteiger partial charge in [-0.2, -0.15) is 5.26 Å². The second-order valence-corrected chi connectivity index (χ2v) is 9.19. The molecule has 0 saturated carbocycles. The molecule has 3 amide bonds. The smallest absolute Gasteiger partial charge is 0.251 e. The first kappa shape index (κ1) is 22.6. The third-order valence-electron chi connectivity index (χ3n) is 6.78. The van der Waals surface area contributed by atoms with Gasteiger partial charge in [0.1, 0.15) is 0 Å². The Kier molecular flexibility index (Phi) is 6.19. The highest BCUT2D eigenvalue weighted by Gasteiger charge is 2.31. The number of piperidine rings is 1. The summed E-state index contributed by atoms with van der Waals surface area (Å²) in [6.45, 7) is 1.68. The van der Waals surface area contributed by atoms with E-state index in [2.05, 4.69) is 11.4 Å². The molecule has 1 unspecified atom stereocenters. The van der Waals surface area contributed by atoms with E-state index in [1.165, 1.54) is 0 Å². The molecule has 1 atom stereocenters. The highest BCUT2D eigenvalue weighted by Crippen LogP contribution is 2.28. The number of hydrogen-bond donors (Lipinski definition) is 1. The van der Waals surface area contributed by atoms with Gasteiger partial charge in [0.05, 0.1) is 11.6 Å². The van der Waals surface area contributed by atoms with Crippen molar-refractivity contribution in [1.82, 2.24) is 5.32 Å². The van der Waals surface area contributed by atoms with Gasteiger partial charge in [0, 0.05) is 55.3 Å². The number of carbonyl (C=O) groups excluding carboxylic acids is 3. The first-order valence-corrected chi connectivity index (χ1v) is 11.9. The molecule has 0 aromatic heterocycles. The lowest BCUT2D eigenvalue weighted by atomic mass is 10.0. The summed E-state index contributed by atoms with van der Waals surface area (Å²) < 4.78 is 0. The number of carbonyl (C=O) groups is 3. The predicted octanol–water partition coefficient (Wildman–Crippen LogP) is 4.01. The first-order chi connectivity index (χ1) is 17.0. The number of benzene rings is 3. The fourth-order valence-electron chi connectivity index (χ4n) is 4.85. The number of fused-ring (bicyclic) bond motifs is 1. The fraction of sp³-hybridized carbons (Fsp3) is 0.286. The van der Waals surface area contributed by atoms with Crippen molar-refractivity contribution in [3.8, 4) is 6.07 Å². The maximum atomic E-state index is 12.7. The second kappa shape index (κ2) is 9.59.